The average Bonchev–Trinajstić information content (AvgIpc) is 3.07. The van der Waals surface area contributed by atoms with Crippen LogP contribution in [0.3, 0.4) is 0 Å². The molecule has 4 nitrogen and oxygen atoms in total. The smallest absolute Gasteiger partial charge is 0.104 e. The monoisotopic (exact) mass is 276 g/mol. The van der Waals surface area contributed by atoms with E-state index in [2.05, 4.69) is 20.8 Å². The third-order valence-electron chi connectivity index (χ3n) is 2.77. The minimum atomic E-state index is 0. The molecule has 18 heavy (non-hydrogen) atoms. The predicted octanol–water partition coefficient (Wildman–Crippen LogP) is 0.170. The minimum Gasteiger partial charge on any atom is -0.376 e. The summed E-state index contributed by atoms with van der Waals surface area (Å²) in [5, 5.41) is 0. The summed E-state index contributed by atoms with van der Waals surface area (Å²) in [6.07, 6.45) is 1.82. The van der Waals surface area contributed by atoms with Crippen LogP contribution in [0.1, 0.15) is 27.2 Å². The van der Waals surface area contributed by atoms with E-state index >= 15 is 0 Å². The third-order valence-corrected chi connectivity index (χ3v) is 2.77. The van der Waals surface area contributed by atoms with E-state index < -0.39 is 0 Å². The Labute approximate surface area is 114 Å². The maximum absolute atomic E-state index is 5.85. The highest BCUT2D eigenvalue weighted by molar-refractivity contribution is 5.75. The molecule has 0 aromatic carbocycles. The molecule has 2 aliphatic heterocycles. The Hall–Kier alpha value is 0.0569. The van der Waals surface area contributed by atoms with Crippen LogP contribution in [0.4, 0.5) is 0 Å². The molecule has 0 bridgehead atoms. The first-order chi connectivity index (χ1) is 8.03. The van der Waals surface area contributed by atoms with Gasteiger partial charge in [0.05, 0.1) is 39.1 Å². The second kappa shape index (κ2) is 7.00. The Kier molecular flexibility index (Phi) is 6.27. The van der Waals surface area contributed by atoms with E-state index in [-0.39, 0.29) is 22.5 Å². The lowest BCUT2D eigenvalue weighted by molar-refractivity contribution is -0.0410. The van der Waals surface area contributed by atoms with Gasteiger partial charge in [-0.15, -0.1) is 0 Å². The van der Waals surface area contributed by atoms with E-state index in [4.69, 9.17) is 18.9 Å². The Bertz CT molecular complexity index is 234. The van der Waals surface area contributed by atoms with Crippen molar-refractivity contribution in [1.29, 1.82) is 0 Å². The van der Waals surface area contributed by atoms with Gasteiger partial charge < -0.3 is 18.9 Å². The topological polar surface area (TPSA) is 43.5 Å². The van der Waals surface area contributed by atoms with Crippen molar-refractivity contribution in [2.24, 2.45) is 5.41 Å². The van der Waals surface area contributed by atoms with Crippen molar-refractivity contribution >= 4 is 11.0 Å². The molecule has 0 N–H and O–H groups in total. The highest BCUT2D eigenvalue weighted by Crippen LogP contribution is 2.24. The van der Waals surface area contributed by atoms with Gasteiger partial charge in [-0.3, -0.25) is 0 Å². The molecule has 0 radical (unpaired) electrons. The molecule has 0 aromatic rings. The van der Waals surface area contributed by atoms with Crippen LogP contribution >= 0.6 is 0 Å². The molecule has 2 aliphatic rings. The lowest BCUT2D eigenvalue weighted by Crippen LogP contribution is -2.28. The SMILES string of the molecule is CC(C)(C)CC(COCC1CO1)OCC1CO1.[SiH4]. The van der Waals surface area contributed by atoms with Gasteiger partial charge in [0, 0.05) is 0 Å². The zero-order valence-electron chi connectivity index (χ0n) is 11.1. The zero-order chi connectivity index (χ0) is 12.3. The Morgan fingerprint density at radius 3 is 2.17 bits per heavy atom. The van der Waals surface area contributed by atoms with Crippen LogP contribution in [0.15, 0.2) is 0 Å². The van der Waals surface area contributed by atoms with Crippen molar-refractivity contribution in [2.75, 3.05) is 33.0 Å². The molecular formula is C13H28O4Si. The predicted molar refractivity (Wildman–Crippen MR) is 75.4 cm³/mol. The second-order valence-corrected chi connectivity index (χ2v) is 6.17. The Morgan fingerprint density at radius 2 is 1.67 bits per heavy atom. The minimum absolute atomic E-state index is 0. The summed E-state index contributed by atoms with van der Waals surface area (Å²) in [6, 6.07) is 0. The summed E-state index contributed by atoms with van der Waals surface area (Å²) in [4.78, 5) is 0. The third kappa shape index (κ3) is 7.48. The summed E-state index contributed by atoms with van der Waals surface area (Å²) < 4.78 is 21.8. The van der Waals surface area contributed by atoms with Gasteiger partial charge in [-0.05, 0) is 22.8 Å². The highest BCUT2D eigenvalue weighted by atomic mass is 28.1. The average molecular weight is 276 g/mol. The summed E-state index contributed by atoms with van der Waals surface area (Å²) in [6.45, 7) is 10.4. The van der Waals surface area contributed by atoms with Gasteiger partial charge in [0.2, 0.25) is 0 Å². The number of epoxide rings is 2. The largest absolute Gasteiger partial charge is 0.376 e. The first kappa shape index (κ1) is 16.1. The van der Waals surface area contributed by atoms with E-state index in [0.29, 0.717) is 32.0 Å². The van der Waals surface area contributed by atoms with E-state index in [9.17, 15) is 0 Å². The normalized spacial score (nSPS) is 27.5. The lowest BCUT2D eigenvalue weighted by atomic mass is 9.89. The van der Waals surface area contributed by atoms with Gasteiger partial charge in [0.15, 0.2) is 0 Å². The van der Waals surface area contributed by atoms with E-state index in [1.165, 1.54) is 0 Å². The van der Waals surface area contributed by atoms with E-state index in [1.807, 2.05) is 0 Å². The molecule has 2 heterocycles. The van der Waals surface area contributed by atoms with Crippen molar-refractivity contribution < 1.29 is 18.9 Å². The molecule has 0 spiro atoms. The van der Waals surface area contributed by atoms with Gasteiger partial charge in [0.1, 0.15) is 12.2 Å². The van der Waals surface area contributed by atoms with Crippen molar-refractivity contribution in [1.82, 2.24) is 0 Å². The van der Waals surface area contributed by atoms with Crippen LogP contribution in [-0.2, 0) is 18.9 Å². The molecule has 2 fully saturated rings. The molecule has 3 unspecified atom stereocenters. The van der Waals surface area contributed by atoms with Crippen molar-refractivity contribution in [3.05, 3.63) is 0 Å². The van der Waals surface area contributed by atoms with Gasteiger partial charge in [0.25, 0.3) is 0 Å². The van der Waals surface area contributed by atoms with Crippen LogP contribution in [0.25, 0.3) is 0 Å². The maximum Gasteiger partial charge on any atom is 0.104 e. The molecule has 0 aliphatic carbocycles. The van der Waals surface area contributed by atoms with Crippen molar-refractivity contribution in [2.45, 2.75) is 45.5 Å². The molecule has 0 amide bonds. The lowest BCUT2D eigenvalue weighted by Gasteiger charge is -2.26. The molecule has 108 valence electrons. The number of ether oxygens (including phenoxy) is 4. The molecule has 0 aromatic heterocycles. The van der Waals surface area contributed by atoms with Gasteiger partial charge in [-0.1, -0.05) is 20.8 Å². The summed E-state index contributed by atoms with van der Waals surface area (Å²) >= 11 is 0. The van der Waals surface area contributed by atoms with Crippen molar-refractivity contribution in [3.8, 4) is 0 Å². The van der Waals surface area contributed by atoms with Crippen molar-refractivity contribution in [3.63, 3.8) is 0 Å². The van der Waals surface area contributed by atoms with E-state index in [1.54, 1.807) is 0 Å². The van der Waals surface area contributed by atoms with Crippen LogP contribution < -0.4 is 0 Å². The van der Waals surface area contributed by atoms with Crippen LogP contribution in [0.2, 0.25) is 0 Å². The quantitative estimate of drug-likeness (QED) is 0.468. The Morgan fingerprint density at radius 1 is 1.11 bits per heavy atom. The van der Waals surface area contributed by atoms with Gasteiger partial charge in [-0.2, -0.15) is 0 Å². The summed E-state index contributed by atoms with van der Waals surface area (Å²) in [5.74, 6) is 0. The highest BCUT2D eigenvalue weighted by Gasteiger charge is 2.27. The molecule has 0 saturated carbocycles. The van der Waals surface area contributed by atoms with Gasteiger partial charge >= 0.3 is 0 Å². The molecule has 2 rings (SSSR count). The Balaban J connectivity index is 0.00000162. The fraction of sp³-hybridized carbons (Fsp3) is 1.00. The molecule has 5 heteroatoms. The number of rotatable bonds is 8. The first-order valence-corrected chi connectivity index (χ1v) is 6.45. The van der Waals surface area contributed by atoms with Gasteiger partial charge in [-0.25, -0.2) is 0 Å². The van der Waals surface area contributed by atoms with Crippen LogP contribution in [0, 0.1) is 5.41 Å². The molecule has 3 atom stereocenters. The zero-order valence-corrected chi connectivity index (χ0v) is 11.1. The number of hydrogen-bond acceptors (Lipinski definition) is 4. The number of hydrogen-bond donors (Lipinski definition) is 0. The van der Waals surface area contributed by atoms with Crippen LogP contribution in [-0.4, -0.2) is 62.3 Å². The van der Waals surface area contributed by atoms with Crippen LogP contribution in [0.5, 0.6) is 0 Å². The maximum atomic E-state index is 5.85. The summed E-state index contributed by atoms with van der Waals surface area (Å²) in [5.41, 5.74) is 0.258. The molecular weight excluding hydrogens is 248 g/mol. The molecule has 2 saturated heterocycles. The standard InChI is InChI=1S/C13H24O4.H4Si/c1-13(2,3)4-10(15-8-12-9-17-12)5-14-6-11-7-16-11;/h10-12H,4-9H2,1-3H3;1H4. The second-order valence-electron chi connectivity index (χ2n) is 6.17. The fourth-order valence-corrected chi connectivity index (χ4v) is 1.75. The fourth-order valence-electron chi connectivity index (χ4n) is 1.75. The summed E-state index contributed by atoms with van der Waals surface area (Å²) in [7, 11) is 0. The van der Waals surface area contributed by atoms with E-state index in [0.717, 1.165) is 19.6 Å². The first-order valence-electron chi connectivity index (χ1n) is 6.45.